The molecule has 0 unspecified atom stereocenters. The monoisotopic (exact) mass is 306 g/mol. The van der Waals surface area contributed by atoms with E-state index in [2.05, 4.69) is 5.16 Å². The third-order valence-corrected chi connectivity index (χ3v) is 4.12. The minimum absolute atomic E-state index is 0.320. The Kier molecular flexibility index (Phi) is 3.01. The second kappa shape index (κ2) is 5.05. The van der Waals surface area contributed by atoms with Crippen LogP contribution in [0.4, 0.5) is 0 Å². The molecule has 0 aromatic heterocycles. The standard InChI is InChI=1S/C18H14N2O3/c1-11-10-15(23-19-11)20-17(21)14-9-5-8-13(16(14)18(20)22)12-6-3-2-4-7-12/h2-9,15H,10H2,1H3/t15-/m1/s1. The second-order valence-corrected chi connectivity index (χ2v) is 5.67. The third-order valence-electron chi connectivity index (χ3n) is 4.12. The van der Waals surface area contributed by atoms with Gasteiger partial charge in [-0.3, -0.25) is 9.59 Å². The highest BCUT2D eigenvalue weighted by Gasteiger charge is 2.44. The van der Waals surface area contributed by atoms with Crippen LogP contribution >= 0.6 is 0 Å². The predicted molar refractivity (Wildman–Crippen MR) is 85.0 cm³/mol. The lowest BCUT2D eigenvalue weighted by Crippen LogP contribution is -2.39. The van der Waals surface area contributed by atoms with Gasteiger partial charge in [-0.25, -0.2) is 4.90 Å². The van der Waals surface area contributed by atoms with Gasteiger partial charge in [0.25, 0.3) is 11.8 Å². The van der Waals surface area contributed by atoms with Crippen LogP contribution in [0.25, 0.3) is 11.1 Å². The van der Waals surface area contributed by atoms with Crippen molar-refractivity contribution >= 4 is 17.5 Å². The molecular formula is C18H14N2O3. The zero-order valence-corrected chi connectivity index (χ0v) is 12.5. The van der Waals surface area contributed by atoms with Gasteiger partial charge < -0.3 is 4.84 Å². The fraction of sp³-hybridized carbons (Fsp3) is 0.167. The van der Waals surface area contributed by atoms with E-state index in [1.165, 1.54) is 4.90 Å². The number of carbonyl (C=O) groups is 2. The van der Waals surface area contributed by atoms with Crippen LogP contribution in [-0.4, -0.2) is 28.7 Å². The van der Waals surface area contributed by atoms with Crippen molar-refractivity contribution in [3.05, 3.63) is 59.7 Å². The Morgan fingerprint density at radius 3 is 2.43 bits per heavy atom. The molecule has 0 saturated heterocycles. The average molecular weight is 306 g/mol. The molecule has 0 spiro atoms. The first kappa shape index (κ1) is 13.7. The maximum Gasteiger partial charge on any atom is 0.265 e. The quantitative estimate of drug-likeness (QED) is 0.801. The topological polar surface area (TPSA) is 59.0 Å². The van der Waals surface area contributed by atoms with E-state index in [9.17, 15) is 9.59 Å². The molecule has 0 aliphatic carbocycles. The fourth-order valence-electron chi connectivity index (χ4n) is 3.04. The molecule has 23 heavy (non-hydrogen) atoms. The molecule has 2 aromatic carbocycles. The number of imide groups is 1. The van der Waals surface area contributed by atoms with Gasteiger partial charge in [-0.05, 0) is 24.1 Å². The lowest BCUT2D eigenvalue weighted by molar-refractivity contribution is -0.0142. The van der Waals surface area contributed by atoms with Gasteiger partial charge in [-0.1, -0.05) is 47.6 Å². The lowest BCUT2D eigenvalue weighted by atomic mass is 9.97. The van der Waals surface area contributed by atoms with Crippen LogP contribution in [-0.2, 0) is 4.84 Å². The Balaban J connectivity index is 1.80. The normalized spacial score (nSPS) is 19.6. The van der Waals surface area contributed by atoms with Gasteiger partial charge in [0.1, 0.15) is 0 Å². The number of carbonyl (C=O) groups excluding carboxylic acids is 2. The third kappa shape index (κ3) is 2.04. The highest BCUT2D eigenvalue weighted by molar-refractivity contribution is 6.24. The van der Waals surface area contributed by atoms with Crippen molar-refractivity contribution in [3.8, 4) is 11.1 Å². The summed E-state index contributed by atoms with van der Waals surface area (Å²) in [6.45, 7) is 1.81. The number of benzene rings is 2. The van der Waals surface area contributed by atoms with Crippen molar-refractivity contribution in [3.63, 3.8) is 0 Å². The summed E-state index contributed by atoms with van der Waals surface area (Å²) in [7, 11) is 0. The molecule has 0 N–H and O–H groups in total. The fourth-order valence-corrected chi connectivity index (χ4v) is 3.04. The summed E-state index contributed by atoms with van der Waals surface area (Å²) in [4.78, 5) is 31.9. The van der Waals surface area contributed by atoms with Gasteiger partial charge in [0.15, 0.2) is 0 Å². The van der Waals surface area contributed by atoms with Gasteiger partial charge in [-0.15, -0.1) is 0 Å². The highest BCUT2D eigenvalue weighted by atomic mass is 16.7. The number of hydrogen-bond donors (Lipinski definition) is 0. The van der Waals surface area contributed by atoms with Crippen LogP contribution in [0.2, 0.25) is 0 Å². The summed E-state index contributed by atoms with van der Waals surface area (Å²) >= 11 is 0. The first-order valence-corrected chi connectivity index (χ1v) is 7.42. The zero-order valence-electron chi connectivity index (χ0n) is 12.5. The molecule has 0 bridgehead atoms. The molecule has 0 saturated carbocycles. The number of fused-ring (bicyclic) bond motifs is 1. The molecule has 1 atom stereocenters. The molecule has 4 rings (SSSR count). The van der Waals surface area contributed by atoms with Crippen molar-refractivity contribution in [2.24, 2.45) is 5.16 Å². The molecule has 5 nitrogen and oxygen atoms in total. The van der Waals surface area contributed by atoms with E-state index in [1.54, 1.807) is 12.1 Å². The smallest absolute Gasteiger partial charge is 0.265 e. The summed E-state index contributed by atoms with van der Waals surface area (Å²) in [5.41, 5.74) is 3.31. The van der Waals surface area contributed by atoms with Crippen molar-refractivity contribution in [2.75, 3.05) is 0 Å². The summed E-state index contributed by atoms with van der Waals surface area (Å²) in [5.74, 6) is -0.642. The number of rotatable bonds is 2. The van der Waals surface area contributed by atoms with Crippen molar-refractivity contribution < 1.29 is 14.4 Å². The molecule has 2 amide bonds. The van der Waals surface area contributed by atoms with Crippen LogP contribution < -0.4 is 0 Å². The van der Waals surface area contributed by atoms with Crippen LogP contribution in [0.1, 0.15) is 34.1 Å². The van der Waals surface area contributed by atoms with E-state index in [-0.39, 0.29) is 11.8 Å². The Morgan fingerprint density at radius 1 is 1.00 bits per heavy atom. The molecule has 0 fully saturated rings. The minimum Gasteiger partial charge on any atom is -0.370 e. The van der Waals surface area contributed by atoms with Gasteiger partial charge in [0, 0.05) is 6.42 Å². The van der Waals surface area contributed by atoms with Crippen molar-refractivity contribution in [1.29, 1.82) is 0 Å². The second-order valence-electron chi connectivity index (χ2n) is 5.67. The lowest BCUT2D eigenvalue weighted by Gasteiger charge is -2.19. The maximum atomic E-state index is 12.9. The molecule has 0 radical (unpaired) electrons. The molecule has 2 aliphatic rings. The Labute approximate surface area is 133 Å². The van der Waals surface area contributed by atoms with Crippen LogP contribution in [0.3, 0.4) is 0 Å². The van der Waals surface area contributed by atoms with Crippen LogP contribution in [0, 0.1) is 0 Å². The molecule has 2 aliphatic heterocycles. The number of hydrogen-bond acceptors (Lipinski definition) is 4. The summed E-state index contributed by atoms with van der Waals surface area (Å²) in [6.07, 6.45) is -0.197. The van der Waals surface area contributed by atoms with E-state index in [0.717, 1.165) is 16.8 Å². The maximum absolute atomic E-state index is 12.9. The molecular weight excluding hydrogens is 292 g/mol. The van der Waals surface area contributed by atoms with E-state index in [0.29, 0.717) is 17.5 Å². The van der Waals surface area contributed by atoms with Crippen molar-refractivity contribution in [1.82, 2.24) is 4.90 Å². The van der Waals surface area contributed by atoms with Gasteiger partial charge >= 0.3 is 0 Å². The summed E-state index contributed by atoms with van der Waals surface area (Å²) in [5, 5.41) is 3.84. The van der Waals surface area contributed by atoms with E-state index < -0.39 is 6.23 Å². The van der Waals surface area contributed by atoms with E-state index >= 15 is 0 Å². The predicted octanol–water partition coefficient (Wildman–Crippen LogP) is 3.07. The number of nitrogens with zero attached hydrogens (tertiary/aromatic N) is 2. The molecule has 5 heteroatoms. The number of oxime groups is 1. The van der Waals surface area contributed by atoms with Crippen LogP contribution in [0.5, 0.6) is 0 Å². The summed E-state index contributed by atoms with van der Waals surface area (Å²) < 4.78 is 0. The first-order chi connectivity index (χ1) is 11.2. The van der Waals surface area contributed by atoms with Gasteiger partial charge in [-0.2, -0.15) is 0 Å². The summed E-state index contributed by atoms with van der Waals surface area (Å²) in [6, 6.07) is 14.9. The molecule has 2 aromatic rings. The molecule has 2 heterocycles. The van der Waals surface area contributed by atoms with Gasteiger partial charge in [0.05, 0.1) is 16.8 Å². The van der Waals surface area contributed by atoms with Gasteiger partial charge in [0.2, 0.25) is 6.23 Å². The molecule has 114 valence electrons. The average Bonchev–Trinajstić information content (AvgIpc) is 3.10. The Bertz CT molecular complexity index is 843. The largest absolute Gasteiger partial charge is 0.370 e. The zero-order chi connectivity index (χ0) is 16.0. The van der Waals surface area contributed by atoms with Crippen molar-refractivity contribution in [2.45, 2.75) is 19.6 Å². The Morgan fingerprint density at radius 2 is 1.74 bits per heavy atom. The SMILES string of the molecule is CC1=NO[C@@H](N2C(=O)c3cccc(-c4ccccc4)c3C2=O)C1. The minimum atomic E-state index is -0.647. The Hall–Kier alpha value is -2.95. The van der Waals surface area contributed by atoms with Crippen LogP contribution in [0.15, 0.2) is 53.7 Å². The first-order valence-electron chi connectivity index (χ1n) is 7.42. The highest BCUT2D eigenvalue weighted by Crippen LogP contribution is 2.34. The van der Waals surface area contributed by atoms with E-state index in [4.69, 9.17) is 4.84 Å². The number of amides is 2. The van der Waals surface area contributed by atoms with E-state index in [1.807, 2.05) is 43.3 Å².